The Kier molecular flexibility index (Phi) is 18.3. The summed E-state index contributed by atoms with van der Waals surface area (Å²) in [5.41, 5.74) is 2.75. The van der Waals surface area contributed by atoms with Gasteiger partial charge in [0.25, 0.3) is 0 Å². The second-order valence-electron chi connectivity index (χ2n) is 9.36. The molecule has 2 aromatic rings. The van der Waals surface area contributed by atoms with Crippen LogP contribution in [0.1, 0.15) is 75.3 Å². The molecule has 0 fully saturated rings. The van der Waals surface area contributed by atoms with Gasteiger partial charge in [-0.15, -0.1) is 0 Å². The average Bonchev–Trinajstić information content (AvgIpc) is 2.88. The van der Waals surface area contributed by atoms with Crippen LogP contribution in [0.25, 0.3) is 0 Å². The molecule has 0 spiro atoms. The van der Waals surface area contributed by atoms with Crippen molar-refractivity contribution >= 4 is 0 Å². The van der Waals surface area contributed by atoms with Gasteiger partial charge in [0, 0.05) is 13.1 Å². The van der Waals surface area contributed by atoms with Gasteiger partial charge in [-0.2, -0.15) is 0 Å². The van der Waals surface area contributed by atoms with Crippen LogP contribution >= 0.6 is 0 Å². The predicted molar refractivity (Wildman–Crippen MR) is 148 cm³/mol. The highest BCUT2D eigenvalue weighted by atomic mass is 14.9. The highest BCUT2D eigenvalue weighted by molar-refractivity contribution is 5.14. The maximum atomic E-state index is 3.61. The van der Waals surface area contributed by atoms with Crippen molar-refractivity contribution < 1.29 is 0 Å². The Morgan fingerprint density at radius 2 is 0.618 bits per heavy atom. The van der Waals surface area contributed by atoms with Crippen LogP contribution in [0.3, 0.4) is 0 Å². The second kappa shape index (κ2) is 21.8. The van der Waals surface area contributed by atoms with Gasteiger partial charge in [-0.3, -0.25) is 0 Å². The van der Waals surface area contributed by atoms with E-state index in [1.807, 2.05) is 0 Å². The quantitative estimate of drug-likeness (QED) is 0.160. The maximum absolute atomic E-state index is 3.61. The van der Waals surface area contributed by atoms with Gasteiger partial charge in [-0.1, -0.05) is 86.3 Å². The zero-order valence-electron chi connectivity index (χ0n) is 21.5. The third kappa shape index (κ3) is 16.8. The summed E-state index contributed by atoms with van der Waals surface area (Å²) < 4.78 is 0. The molecule has 0 unspecified atom stereocenters. The third-order valence-corrected chi connectivity index (χ3v) is 6.22. The highest BCUT2D eigenvalue weighted by Gasteiger charge is 1.95. The van der Waals surface area contributed by atoms with E-state index in [2.05, 4.69) is 81.9 Å². The van der Waals surface area contributed by atoms with Crippen LogP contribution in [0.5, 0.6) is 0 Å². The Bertz CT molecular complexity index is 603. The fraction of sp³-hybridized carbons (Fsp3) is 0.600. The molecule has 0 atom stereocenters. The summed E-state index contributed by atoms with van der Waals surface area (Å²) in [6.07, 6.45) is 13.1. The second-order valence-corrected chi connectivity index (χ2v) is 9.36. The van der Waals surface area contributed by atoms with E-state index in [0.29, 0.717) is 0 Å². The number of rotatable bonds is 23. The van der Waals surface area contributed by atoms with Gasteiger partial charge < -0.3 is 21.3 Å². The Labute approximate surface area is 209 Å². The molecule has 0 heterocycles. The fourth-order valence-corrected chi connectivity index (χ4v) is 4.11. The van der Waals surface area contributed by atoms with Crippen molar-refractivity contribution in [3.8, 4) is 0 Å². The lowest BCUT2D eigenvalue weighted by atomic mass is 10.2. The summed E-state index contributed by atoms with van der Waals surface area (Å²) in [6.45, 7) is 8.91. The molecule has 0 saturated carbocycles. The Morgan fingerprint density at radius 3 is 0.971 bits per heavy atom. The molecule has 0 aliphatic rings. The van der Waals surface area contributed by atoms with Crippen LogP contribution in [0.4, 0.5) is 0 Å². The topological polar surface area (TPSA) is 48.1 Å². The standard InChI is InChI=1S/C30H50N4/c1(11-21-31-23-13-5-15-25-33-27-29-17-7-3-8-18-29)2-12-22-32-24-14-6-16-26-34-28-30-19-9-4-10-20-30/h3-4,7-10,17-20,31-34H,1-2,5-6,11-16,21-28H2. The van der Waals surface area contributed by atoms with Crippen molar-refractivity contribution in [2.75, 3.05) is 39.3 Å². The Hall–Kier alpha value is -1.72. The molecule has 0 radical (unpaired) electrons. The molecule has 4 heteroatoms. The third-order valence-electron chi connectivity index (χ3n) is 6.22. The minimum atomic E-state index is 0.988. The van der Waals surface area contributed by atoms with Crippen molar-refractivity contribution in [3.05, 3.63) is 71.8 Å². The first kappa shape index (κ1) is 28.5. The molecule has 190 valence electrons. The molecule has 2 aromatic carbocycles. The lowest BCUT2D eigenvalue weighted by molar-refractivity contribution is 0.532. The summed E-state index contributed by atoms with van der Waals surface area (Å²) in [4.78, 5) is 0. The van der Waals surface area contributed by atoms with Crippen LogP contribution in [0.15, 0.2) is 60.7 Å². The first-order valence-corrected chi connectivity index (χ1v) is 13.9. The molecule has 0 amide bonds. The first-order valence-electron chi connectivity index (χ1n) is 13.9. The Morgan fingerprint density at radius 1 is 0.324 bits per heavy atom. The molecule has 0 aliphatic carbocycles. The summed E-state index contributed by atoms with van der Waals surface area (Å²) >= 11 is 0. The van der Waals surface area contributed by atoms with E-state index in [1.54, 1.807) is 0 Å². The number of hydrogen-bond acceptors (Lipinski definition) is 4. The van der Waals surface area contributed by atoms with Crippen molar-refractivity contribution in [2.45, 2.75) is 77.3 Å². The lowest BCUT2D eigenvalue weighted by Gasteiger charge is -2.07. The summed E-state index contributed by atoms with van der Waals surface area (Å²) in [5.74, 6) is 0. The number of benzene rings is 2. The van der Waals surface area contributed by atoms with Crippen LogP contribution in [-0.4, -0.2) is 39.3 Å². The molecule has 0 saturated heterocycles. The van der Waals surface area contributed by atoms with Gasteiger partial charge in [0.15, 0.2) is 0 Å². The monoisotopic (exact) mass is 466 g/mol. The maximum Gasteiger partial charge on any atom is 0.0205 e. The molecule has 0 aliphatic heterocycles. The van der Waals surface area contributed by atoms with Crippen LogP contribution in [0.2, 0.25) is 0 Å². The highest BCUT2D eigenvalue weighted by Crippen LogP contribution is 2.01. The number of hydrogen-bond donors (Lipinski definition) is 4. The van der Waals surface area contributed by atoms with Crippen LogP contribution in [0, 0.1) is 0 Å². The molecule has 4 N–H and O–H groups in total. The average molecular weight is 467 g/mol. The van der Waals surface area contributed by atoms with E-state index in [-0.39, 0.29) is 0 Å². The SMILES string of the molecule is c1ccc(CNCCCCCNCCCCCCNCCCCCNCc2ccccc2)cc1. The zero-order valence-corrected chi connectivity index (χ0v) is 21.5. The van der Waals surface area contributed by atoms with E-state index in [4.69, 9.17) is 0 Å². The minimum Gasteiger partial charge on any atom is -0.317 e. The predicted octanol–water partition coefficient (Wildman–Crippen LogP) is 5.65. The molecule has 2 rings (SSSR count). The smallest absolute Gasteiger partial charge is 0.0205 e. The van der Waals surface area contributed by atoms with E-state index in [0.717, 1.165) is 26.2 Å². The van der Waals surface area contributed by atoms with Gasteiger partial charge in [0.1, 0.15) is 0 Å². The van der Waals surface area contributed by atoms with E-state index in [1.165, 1.54) is 102 Å². The zero-order chi connectivity index (χ0) is 23.8. The first-order chi connectivity index (χ1) is 16.9. The van der Waals surface area contributed by atoms with Gasteiger partial charge in [-0.05, 0) is 88.9 Å². The molecular formula is C30H50N4. The molecule has 0 bridgehead atoms. The normalized spacial score (nSPS) is 11.2. The molecular weight excluding hydrogens is 416 g/mol. The van der Waals surface area contributed by atoms with E-state index < -0.39 is 0 Å². The van der Waals surface area contributed by atoms with Crippen LogP contribution in [-0.2, 0) is 13.1 Å². The van der Waals surface area contributed by atoms with Gasteiger partial charge in [0.2, 0.25) is 0 Å². The number of unbranched alkanes of at least 4 members (excludes halogenated alkanes) is 7. The molecule has 34 heavy (non-hydrogen) atoms. The summed E-state index contributed by atoms with van der Waals surface area (Å²) in [7, 11) is 0. The lowest BCUT2D eigenvalue weighted by Crippen LogP contribution is -2.19. The molecule has 0 aromatic heterocycles. The van der Waals surface area contributed by atoms with Gasteiger partial charge >= 0.3 is 0 Å². The van der Waals surface area contributed by atoms with Crippen molar-refractivity contribution in [3.63, 3.8) is 0 Å². The molecule has 4 nitrogen and oxygen atoms in total. The largest absolute Gasteiger partial charge is 0.317 e. The van der Waals surface area contributed by atoms with Gasteiger partial charge in [0.05, 0.1) is 0 Å². The van der Waals surface area contributed by atoms with E-state index in [9.17, 15) is 0 Å². The van der Waals surface area contributed by atoms with Crippen molar-refractivity contribution in [1.82, 2.24) is 21.3 Å². The minimum absolute atomic E-state index is 0.988. The van der Waals surface area contributed by atoms with Crippen LogP contribution < -0.4 is 21.3 Å². The van der Waals surface area contributed by atoms with E-state index >= 15 is 0 Å². The summed E-state index contributed by atoms with van der Waals surface area (Å²) in [5, 5.41) is 14.3. The number of nitrogens with one attached hydrogen (secondary N) is 4. The summed E-state index contributed by atoms with van der Waals surface area (Å²) in [6, 6.07) is 21.3. The fourth-order valence-electron chi connectivity index (χ4n) is 4.11. The van der Waals surface area contributed by atoms with Crippen molar-refractivity contribution in [2.24, 2.45) is 0 Å². The van der Waals surface area contributed by atoms with Gasteiger partial charge in [-0.25, -0.2) is 0 Å². The Balaban J connectivity index is 1.19. The van der Waals surface area contributed by atoms with Crippen molar-refractivity contribution in [1.29, 1.82) is 0 Å².